The maximum atomic E-state index is 6.81. The van der Waals surface area contributed by atoms with E-state index >= 15 is 0 Å². The second-order valence-electron chi connectivity index (χ2n) is 13.7. The standard InChI is InChI=1S/C52H35NO/c1-3-14-37(15-4-1)46-24-12-26-49-50-27-13-25-48(52(50)54-51(46)49)47-22-10-9-21-45(47)39-30-34-42(35-31-39)53(40-18-5-2-6-19-40)41-32-28-38(29-33-41)44-23-11-17-36-16-7-8-20-43(36)44/h1-35H. The highest BCUT2D eigenvalue weighted by Crippen LogP contribution is 2.43. The van der Waals surface area contributed by atoms with Crippen molar-refractivity contribution in [2.75, 3.05) is 4.90 Å². The largest absolute Gasteiger partial charge is 0.455 e. The molecule has 0 unspecified atom stereocenters. The Morgan fingerprint density at radius 1 is 0.259 bits per heavy atom. The quantitative estimate of drug-likeness (QED) is 0.166. The molecule has 254 valence electrons. The van der Waals surface area contributed by atoms with Crippen molar-refractivity contribution in [1.29, 1.82) is 0 Å². The van der Waals surface area contributed by atoms with Gasteiger partial charge in [0, 0.05) is 39.0 Å². The first-order valence-corrected chi connectivity index (χ1v) is 18.4. The zero-order valence-corrected chi connectivity index (χ0v) is 29.6. The van der Waals surface area contributed by atoms with Gasteiger partial charge in [-0.3, -0.25) is 0 Å². The maximum Gasteiger partial charge on any atom is 0.143 e. The van der Waals surface area contributed by atoms with Gasteiger partial charge in [0.25, 0.3) is 0 Å². The summed E-state index contributed by atoms with van der Waals surface area (Å²) >= 11 is 0. The number of furan rings is 1. The molecule has 0 amide bonds. The fourth-order valence-electron chi connectivity index (χ4n) is 7.93. The Kier molecular flexibility index (Phi) is 7.85. The average Bonchev–Trinajstić information content (AvgIpc) is 3.64. The van der Waals surface area contributed by atoms with Gasteiger partial charge in [0.1, 0.15) is 11.2 Å². The number of fused-ring (bicyclic) bond motifs is 4. The topological polar surface area (TPSA) is 16.4 Å². The monoisotopic (exact) mass is 689 g/mol. The molecule has 0 aliphatic rings. The predicted octanol–water partition coefficient (Wildman–Crippen LogP) is 14.9. The SMILES string of the molecule is c1ccc(-c2cccc3c2oc2c(-c4ccccc4-c4ccc(N(c5ccccc5)c5ccc(-c6cccc7ccccc67)cc5)cc4)cccc23)cc1. The van der Waals surface area contributed by atoms with Crippen LogP contribution in [-0.2, 0) is 0 Å². The number of para-hydroxylation sites is 3. The Bertz CT molecular complexity index is 2900. The van der Waals surface area contributed by atoms with Crippen LogP contribution in [0.2, 0.25) is 0 Å². The minimum absolute atomic E-state index is 0.905. The van der Waals surface area contributed by atoms with Crippen molar-refractivity contribution in [2.45, 2.75) is 0 Å². The van der Waals surface area contributed by atoms with E-state index in [1.807, 2.05) is 6.07 Å². The smallest absolute Gasteiger partial charge is 0.143 e. The lowest BCUT2D eigenvalue weighted by Crippen LogP contribution is -2.09. The molecule has 0 saturated heterocycles. The summed E-state index contributed by atoms with van der Waals surface area (Å²) in [4.78, 5) is 2.32. The molecule has 1 heterocycles. The van der Waals surface area contributed by atoms with E-state index in [0.717, 1.165) is 72.4 Å². The first-order chi connectivity index (χ1) is 26.8. The summed E-state index contributed by atoms with van der Waals surface area (Å²) in [7, 11) is 0. The van der Waals surface area contributed by atoms with Gasteiger partial charge >= 0.3 is 0 Å². The number of hydrogen-bond donors (Lipinski definition) is 0. The highest BCUT2D eigenvalue weighted by molar-refractivity contribution is 6.13. The zero-order valence-electron chi connectivity index (χ0n) is 29.6. The molecule has 0 aliphatic heterocycles. The molecule has 2 nitrogen and oxygen atoms in total. The molecule has 0 fully saturated rings. The average molecular weight is 690 g/mol. The molecule has 1 aromatic heterocycles. The first kappa shape index (κ1) is 31.6. The van der Waals surface area contributed by atoms with Crippen LogP contribution in [0.3, 0.4) is 0 Å². The highest BCUT2D eigenvalue weighted by atomic mass is 16.3. The molecular weight excluding hydrogens is 655 g/mol. The number of nitrogens with zero attached hydrogens (tertiary/aromatic N) is 1. The summed E-state index contributed by atoms with van der Waals surface area (Å²) in [6.45, 7) is 0. The lowest BCUT2D eigenvalue weighted by atomic mass is 9.93. The van der Waals surface area contributed by atoms with Gasteiger partial charge in [0.05, 0.1) is 0 Å². The van der Waals surface area contributed by atoms with Crippen LogP contribution in [-0.4, -0.2) is 0 Å². The summed E-state index contributed by atoms with van der Waals surface area (Å²) in [5.74, 6) is 0. The Hall–Kier alpha value is -7.16. The van der Waals surface area contributed by atoms with Crippen LogP contribution in [0.25, 0.3) is 77.2 Å². The predicted molar refractivity (Wildman–Crippen MR) is 228 cm³/mol. The third-order valence-corrected chi connectivity index (χ3v) is 10.5. The van der Waals surface area contributed by atoms with E-state index in [9.17, 15) is 0 Å². The van der Waals surface area contributed by atoms with E-state index in [4.69, 9.17) is 4.42 Å². The lowest BCUT2D eigenvalue weighted by molar-refractivity contribution is 0.671. The molecule has 2 heteroatoms. The number of anilines is 3. The van der Waals surface area contributed by atoms with Crippen LogP contribution in [0, 0.1) is 0 Å². The molecule has 0 aliphatic carbocycles. The Balaban J connectivity index is 1.03. The molecule has 9 aromatic carbocycles. The Morgan fingerprint density at radius 2 is 0.685 bits per heavy atom. The summed E-state index contributed by atoms with van der Waals surface area (Å²) in [6, 6.07) is 75.6. The third-order valence-electron chi connectivity index (χ3n) is 10.5. The second kappa shape index (κ2) is 13.4. The zero-order chi connectivity index (χ0) is 35.8. The van der Waals surface area contributed by atoms with E-state index in [1.165, 1.54) is 21.9 Å². The van der Waals surface area contributed by atoms with Gasteiger partial charge in [0.15, 0.2) is 0 Å². The molecule has 10 rings (SSSR count). The lowest BCUT2D eigenvalue weighted by Gasteiger charge is -2.26. The molecule has 0 N–H and O–H groups in total. The molecule has 0 spiro atoms. The fraction of sp³-hybridized carbons (Fsp3) is 0. The fourth-order valence-corrected chi connectivity index (χ4v) is 7.93. The van der Waals surface area contributed by atoms with Crippen molar-refractivity contribution in [3.05, 3.63) is 212 Å². The Morgan fingerprint density at radius 3 is 1.39 bits per heavy atom. The highest BCUT2D eigenvalue weighted by Gasteiger charge is 2.18. The molecule has 0 radical (unpaired) electrons. The second-order valence-corrected chi connectivity index (χ2v) is 13.7. The van der Waals surface area contributed by atoms with Gasteiger partial charge in [-0.05, 0) is 80.6 Å². The first-order valence-electron chi connectivity index (χ1n) is 18.4. The van der Waals surface area contributed by atoms with E-state index in [1.54, 1.807) is 0 Å². The van der Waals surface area contributed by atoms with Crippen LogP contribution in [0.5, 0.6) is 0 Å². The molecule has 0 bridgehead atoms. The van der Waals surface area contributed by atoms with Gasteiger partial charge in [0.2, 0.25) is 0 Å². The molecule has 10 aromatic rings. The van der Waals surface area contributed by atoms with Gasteiger partial charge < -0.3 is 9.32 Å². The van der Waals surface area contributed by atoms with Gasteiger partial charge in [-0.1, -0.05) is 176 Å². The Labute approximate surface area is 314 Å². The van der Waals surface area contributed by atoms with Crippen LogP contribution >= 0.6 is 0 Å². The van der Waals surface area contributed by atoms with E-state index in [0.29, 0.717) is 0 Å². The van der Waals surface area contributed by atoms with Crippen molar-refractivity contribution in [2.24, 2.45) is 0 Å². The van der Waals surface area contributed by atoms with Gasteiger partial charge in [-0.2, -0.15) is 0 Å². The van der Waals surface area contributed by atoms with Gasteiger partial charge in [-0.15, -0.1) is 0 Å². The molecule has 0 atom stereocenters. The van der Waals surface area contributed by atoms with Crippen LogP contribution < -0.4 is 4.90 Å². The molecular formula is C52H35NO. The van der Waals surface area contributed by atoms with Crippen molar-refractivity contribution in [3.8, 4) is 44.5 Å². The molecule has 54 heavy (non-hydrogen) atoms. The summed E-state index contributed by atoms with van der Waals surface area (Å²) in [5, 5.41) is 4.76. The van der Waals surface area contributed by atoms with Crippen LogP contribution in [0.15, 0.2) is 217 Å². The maximum absolute atomic E-state index is 6.81. The van der Waals surface area contributed by atoms with E-state index in [-0.39, 0.29) is 0 Å². The van der Waals surface area contributed by atoms with Crippen LogP contribution in [0.1, 0.15) is 0 Å². The van der Waals surface area contributed by atoms with Crippen LogP contribution in [0.4, 0.5) is 17.1 Å². The summed E-state index contributed by atoms with van der Waals surface area (Å²) < 4.78 is 6.81. The minimum Gasteiger partial charge on any atom is -0.455 e. The molecule has 0 saturated carbocycles. The van der Waals surface area contributed by atoms with Crippen molar-refractivity contribution in [1.82, 2.24) is 0 Å². The normalized spacial score (nSPS) is 11.3. The van der Waals surface area contributed by atoms with Gasteiger partial charge in [-0.25, -0.2) is 0 Å². The number of hydrogen-bond acceptors (Lipinski definition) is 2. The van der Waals surface area contributed by atoms with Crippen molar-refractivity contribution in [3.63, 3.8) is 0 Å². The van der Waals surface area contributed by atoms with Crippen molar-refractivity contribution >= 4 is 49.8 Å². The minimum atomic E-state index is 0.905. The number of benzene rings is 9. The third kappa shape index (κ3) is 5.53. The number of rotatable bonds is 7. The summed E-state index contributed by atoms with van der Waals surface area (Å²) in [5.41, 5.74) is 14.3. The summed E-state index contributed by atoms with van der Waals surface area (Å²) in [6.07, 6.45) is 0. The van der Waals surface area contributed by atoms with E-state index in [2.05, 4.69) is 211 Å². The van der Waals surface area contributed by atoms with Crippen molar-refractivity contribution < 1.29 is 4.42 Å². The van der Waals surface area contributed by atoms with E-state index < -0.39 is 0 Å².